The summed E-state index contributed by atoms with van der Waals surface area (Å²) >= 11 is 0. The number of ether oxygens (including phenoxy) is 1. The minimum Gasteiger partial charge on any atom is -0.480 e. The molecular formula is C34H61NO5. The van der Waals surface area contributed by atoms with Crippen LogP contribution in [0.2, 0.25) is 0 Å². The third-order valence-electron chi connectivity index (χ3n) is 7.13. The smallest absolute Gasteiger partial charge is 0.322 e. The Morgan fingerprint density at radius 3 is 1.80 bits per heavy atom. The zero-order chi connectivity index (χ0) is 29.5. The molecule has 1 atom stereocenters. The molecule has 0 aliphatic carbocycles. The van der Waals surface area contributed by atoms with Crippen LogP contribution >= 0.6 is 0 Å². The van der Waals surface area contributed by atoms with Crippen molar-refractivity contribution in [2.75, 3.05) is 6.54 Å². The molecule has 0 aliphatic rings. The Bertz CT molecular complexity index is 673. The van der Waals surface area contributed by atoms with Crippen molar-refractivity contribution in [2.24, 2.45) is 0 Å². The number of carbonyl (C=O) groups excluding carboxylic acids is 2. The van der Waals surface area contributed by atoms with E-state index >= 15 is 0 Å². The Kier molecular flexibility index (Phi) is 28.3. The molecule has 0 bridgehead atoms. The van der Waals surface area contributed by atoms with E-state index in [1.54, 1.807) is 0 Å². The van der Waals surface area contributed by atoms with Gasteiger partial charge in [-0.05, 0) is 64.2 Å². The first kappa shape index (κ1) is 37.9. The van der Waals surface area contributed by atoms with Gasteiger partial charge in [0.1, 0.15) is 12.6 Å². The Hall–Kier alpha value is -2.11. The van der Waals surface area contributed by atoms with E-state index in [1.807, 2.05) is 0 Å². The zero-order valence-corrected chi connectivity index (χ0v) is 25.9. The molecule has 0 saturated carbocycles. The third kappa shape index (κ3) is 28.9. The Morgan fingerprint density at radius 1 is 0.650 bits per heavy atom. The quantitative estimate of drug-likeness (QED) is 0.0537. The molecule has 0 heterocycles. The van der Waals surface area contributed by atoms with E-state index in [9.17, 15) is 14.4 Å². The summed E-state index contributed by atoms with van der Waals surface area (Å²) in [4.78, 5) is 34.4. The number of rotatable bonds is 29. The van der Waals surface area contributed by atoms with Crippen LogP contribution in [0, 0.1) is 0 Å². The standard InChI is InChI=1S/C34H61NO5/c1-3-5-7-8-9-10-11-12-13-14-15-16-17-18-19-20-21-25-29-34(39)40-31(26-6-4-2)27-23-22-24-28-32(36)35-30-33(37)38/h10-11,13-14,31H,3-9,12,15-30H2,1-2H3,(H,35,36)(H,37,38)/b11-10-,14-13-. The Labute approximate surface area is 245 Å². The maximum Gasteiger partial charge on any atom is 0.322 e. The molecule has 0 aromatic rings. The molecule has 40 heavy (non-hydrogen) atoms. The van der Waals surface area contributed by atoms with Crippen molar-refractivity contribution in [3.63, 3.8) is 0 Å². The first-order chi connectivity index (χ1) is 19.5. The number of esters is 1. The van der Waals surface area contributed by atoms with Crippen molar-refractivity contribution >= 4 is 17.8 Å². The monoisotopic (exact) mass is 563 g/mol. The summed E-state index contributed by atoms with van der Waals surface area (Å²) in [5.74, 6) is -1.34. The highest BCUT2D eigenvalue weighted by molar-refractivity contribution is 5.80. The molecule has 1 unspecified atom stereocenters. The van der Waals surface area contributed by atoms with Gasteiger partial charge in [-0.2, -0.15) is 0 Å². The van der Waals surface area contributed by atoms with E-state index in [0.29, 0.717) is 19.3 Å². The molecule has 1 amide bonds. The van der Waals surface area contributed by atoms with Crippen LogP contribution in [-0.2, 0) is 19.1 Å². The van der Waals surface area contributed by atoms with Crippen LogP contribution in [0.1, 0.15) is 162 Å². The van der Waals surface area contributed by atoms with Crippen LogP contribution in [0.15, 0.2) is 24.3 Å². The van der Waals surface area contributed by atoms with E-state index < -0.39 is 5.97 Å². The second-order valence-corrected chi connectivity index (χ2v) is 11.1. The second-order valence-electron chi connectivity index (χ2n) is 11.1. The van der Waals surface area contributed by atoms with Crippen LogP contribution in [0.4, 0.5) is 0 Å². The molecule has 6 nitrogen and oxygen atoms in total. The molecule has 0 aromatic carbocycles. The fourth-order valence-electron chi connectivity index (χ4n) is 4.65. The van der Waals surface area contributed by atoms with Crippen LogP contribution in [0.25, 0.3) is 0 Å². The lowest BCUT2D eigenvalue weighted by atomic mass is 10.0. The summed E-state index contributed by atoms with van der Waals surface area (Å²) in [6.07, 6.45) is 33.4. The number of unbranched alkanes of at least 4 members (excludes halogenated alkanes) is 14. The van der Waals surface area contributed by atoms with Gasteiger partial charge in [-0.25, -0.2) is 0 Å². The summed E-state index contributed by atoms with van der Waals surface area (Å²) in [6.45, 7) is 4.06. The van der Waals surface area contributed by atoms with Gasteiger partial charge in [0.15, 0.2) is 0 Å². The van der Waals surface area contributed by atoms with Gasteiger partial charge < -0.3 is 15.2 Å². The normalized spacial score (nSPS) is 12.2. The van der Waals surface area contributed by atoms with E-state index in [-0.39, 0.29) is 24.5 Å². The van der Waals surface area contributed by atoms with Crippen LogP contribution in [0.5, 0.6) is 0 Å². The number of carboxylic acids is 1. The average molecular weight is 564 g/mol. The lowest BCUT2D eigenvalue weighted by Gasteiger charge is -2.18. The van der Waals surface area contributed by atoms with Gasteiger partial charge in [-0.3, -0.25) is 14.4 Å². The number of allylic oxidation sites excluding steroid dienone is 4. The van der Waals surface area contributed by atoms with E-state index in [2.05, 4.69) is 43.5 Å². The van der Waals surface area contributed by atoms with Crippen LogP contribution in [-0.4, -0.2) is 35.6 Å². The molecule has 0 rings (SSSR count). The predicted molar refractivity (Wildman–Crippen MR) is 166 cm³/mol. The van der Waals surface area contributed by atoms with Crippen molar-refractivity contribution in [1.82, 2.24) is 5.32 Å². The molecular weight excluding hydrogens is 502 g/mol. The summed E-state index contributed by atoms with van der Waals surface area (Å²) in [5, 5.41) is 11.0. The number of nitrogens with one attached hydrogen (secondary N) is 1. The van der Waals surface area contributed by atoms with Gasteiger partial charge in [0.2, 0.25) is 5.91 Å². The largest absolute Gasteiger partial charge is 0.480 e. The Morgan fingerprint density at radius 2 is 1.18 bits per heavy atom. The molecule has 0 fully saturated rings. The van der Waals surface area contributed by atoms with Crippen molar-refractivity contribution in [2.45, 2.75) is 168 Å². The van der Waals surface area contributed by atoms with Gasteiger partial charge in [0.25, 0.3) is 0 Å². The number of carbonyl (C=O) groups is 3. The number of amides is 1. The van der Waals surface area contributed by atoms with E-state index in [4.69, 9.17) is 9.84 Å². The second kappa shape index (κ2) is 29.9. The molecule has 0 aliphatic heterocycles. The molecule has 0 aromatic heterocycles. The summed E-state index contributed by atoms with van der Waals surface area (Å²) in [5.41, 5.74) is 0. The summed E-state index contributed by atoms with van der Waals surface area (Å²) in [6, 6.07) is 0. The summed E-state index contributed by atoms with van der Waals surface area (Å²) < 4.78 is 5.78. The van der Waals surface area contributed by atoms with Gasteiger partial charge in [-0.15, -0.1) is 0 Å². The minimum absolute atomic E-state index is 0.0334. The number of carboxylic acid groups (broad SMARTS) is 1. The fourth-order valence-corrected chi connectivity index (χ4v) is 4.65. The van der Waals surface area contributed by atoms with Gasteiger partial charge in [0, 0.05) is 12.8 Å². The highest BCUT2D eigenvalue weighted by Gasteiger charge is 2.14. The average Bonchev–Trinajstić information content (AvgIpc) is 2.93. The number of hydrogen-bond donors (Lipinski definition) is 2. The van der Waals surface area contributed by atoms with Crippen LogP contribution in [0.3, 0.4) is 0 Å². The maximum absolute atomic E-state index is 12.4. The molecule has 6 heteroatoms. The third-order valence-corrected chi connectivity index (χ3v) is 7.13. The van der Waals surface area contributed by atoms with Crippen molar-refractivity contribution < 1.29 is 24.2 Å². The first-order valence-electron chi connectivity index (χ1n) is 16.5. The Balaban J connectivity index is 3.73. The van der Waals surface area contributed by atoms with E-state index in [0.717, 1.165) is 57.8 Å². The van der Waals surface area contributed by atoms with Gasteiger partial charge in [0.05, 0.1) is 0 Å². The summed E-state index contributed by atoms with van der Waals surface area (Å²) in [7, 11) is 0. The predicted octanol–water partition coefficient (Wildman–Crippen LogP) is 9.22. The number of aliphatic carboxylic acids is 1. The SMILES string of the molecule is CCCCCC/C=C\C/C=C\CCCCCCCCCC(=O)OC(CCCC)CCCCCC(=O)NCC(=O)O. The van der Waals surface area contributed by atoms with Crippen LogP contribution < -0.4 is 5.32 Å². The molecule has 0 spiro atoms. The van der Waals surface area contributed by atoms with E-state index in [1.165, 1.54) is 70.6 Å². The topological polar surface area (TPSA) is 92.7 Å². The molecule has 0 radical (unpaired) electrons. The van der Waals surface area contributed by atoms with Crippen molar-refractivity contribution in [3.8, 4) is 0 Å². The highest BCUT2D eigenvalue weighted by Crippen LogP contribution is 2.16. The number of hydrogen-bond acceptors (Lipinski definition) is 4. The minimum atomic E-state index is -1.03. The molecule has 232 valence electrons. The molecule has 2 N–H and O–H groups in total. The highest BCUT2D eigenvalue weighted by atomic mass is 16.5. The lowest BCUT2D eigenvalue weighted by Crippen LogP contribution is -2.28. The van der Waals surface area contributed by atoms with Crippen molar-refractivity contribution in [1.29, 1.82) is 0 Å². The first-order valence-corrected chi connectivity index (χ1v) is 16.5. The van der Waals surface area contributed by atoms with Gasteiger partial charge >= 0.3 is 11.9 Å². The molecule has 0 saturated heterocycles. The fraction of sp³-hybridized carbons (Fsp3) is 0.794. The zero-order valence-electron chi connectivity index (χ0n) is 25.9. The maximum atomic E-state index is 12.4. The lowest BCUT2D eigenvalue weighted by molar-refractivity contribution is -0.150. The van der Waals surface area contributed by atoms with Crippen molar-refractivity contribution in [3.05, 3.63) is 24.3 Å². The van der Waals surface area contributed by atoms with Gasteiger partial charge in [-0.1, -0.05) is 109 Å².